The first-order valence-electron chi connectivity index (χ1n) is 7.73. The minimum atomic E-state index is -1.60. The normalized spacial score (nSPS) is 20.3. The van der Waals surface area contributed by atoms with E-state index in [2.05, 4.69) is 10.1 Å². The summed E-state index contributed by atoms with van der Waals surface area (Å²) >= 11 is 2.13. The molecule has 2 atom stereocenters. The topological polar surface area (TPSA) is 191 Å². The number of nitrogens with one attached hydrogen (secondary N) is 2. The number of carboxylic acids is 1. The van der Waals surface area contributed by atoms with Crippen molar-refractivity contribution in [2.75, 3.05) is 12.4 Å². The van der Waals surface area contributed by atoms with Crippen LogP contribution in [0.4, 0.5) is 4.79 Å². The van der Waals surface area contributed by atoms with Crippen LogP contribution < -0.4 is 50.5 Å². The molecule has 3 heterocycles. The molecule has 12 nitrogen and oxygen atoms in total. The van der Waals surface area contributed by atoms with Crippen LogP contribution in [0.5, 0.6) is 0 Å². The third-order valence-corrected chi connectivity index (χ3v) is 6.18. The minimum Gasteiger partial charge on any atom is -0.543 e. The molecule has 1 aromatic rings. The number of rotatable bonds is 6. The fourth-order valence-electron chi connectivity index (χ4n) is 2.80. The number of carbonyl (C=O) groups is 4. The van der Waals surface area contributed by atoms with Crippen molar-refractivity contribution in [3.05, 3.63) is 27.1 Å². The number of β-lactam (4-membered cyclic amide) rings is 1. The van der Waals surface area contributed by atoms with E-state index in [0.717, 1.165) is 16.2 Å². The summed E-state index contributed by atoms with van der Waals surface area (Å²) in [4.78, 5) is 47.6. The Kier molecular flexibility index (Phi) is 7.40. The van der Waals surface area contributed by atoms with Crippen molar-refractivity contribution >= 4 is 47.0 Å². The zero-order valence-electron chi connectivity index (χ0n) is 15.0. The van der Waals surface area contributed by atoms with Crippen molar-refractivity contribution in [1.29, 1.82) is 5.41 Å². The number of nitrogens with zero attached hydrogens (tertiary/aromatic N) is 2. The maximum atomic E-state index is 12.4. The molecule has 1 unspecified atom stereocenters. The molecule has 3 amide bonds. The Bertz CT molecular complexity index is 958. The van der Waals surface area contributed by atoms with Crippen LogP contribution in [-0.4, -0.2) is 62.5 Å². The summed E-state index contributed by atoms with van der Waals surface area (Å²) in [5.41, 5.74) is 4.83. The maximum Gasteiger partial charge on any atom is 1.00 e. The number of aromatic nitrogens is 1. The van der Waals surface area contributed by atoms with Gasteiger partial charge in [0.25, 0.3) is 5.91 Å². The van der Waals surface area contributed by atoms with E-state index in [1.165, 1.54) is 17.1 Å². The van der Waals surface area contributed by atoms with E-state index < -0.39 is 41.0 Å². The van der Waals surface area contributed by atoms with Crippen LogP contribution in [0.3, 0.4) is 0 Å². The van der Waals surface area contributed by atoms with Gasteiger partial charge in [0.15, 0.2) is 0 Å². The van der Waals surface area contributed by atoms with Gasteiger partial charge in [-0.1, -0.05) is 0 Å². The largest absolute Gasteiger partial charge is 1.00 e. The number of hydrogen-bond donors (Lipinski definition) is 4. The van der Waals surface area contributed by atoms with E-state index in [4.69, 9.17) is 11.1 Å². The monoisotopic (exact) mass is 451 g/mol. The zero-order valence-corrected chi connectivity index (χ0v) is 18.7. The van der Waals surface area contributed by atoms with Gasteiger partial charge in [0.1, 0.15) is 18.0 Å². The van der Waals surface area contributed by atoms with Crippen molar-refractivity contribution in [1.82, 2.24) is 14.9 Å². The first-order valence-corrected chi connectivity index (χ1v) is 9.66. The first-order chi connectivity index (χ1) is 13.2. The second-order valence-corrected chi connectivity index (χ2v) is 7.79. The van der Waals surface area contributed by atoms with Crippen LogP contribution in [0.2, 0.25) is 0 Å². The Balaban J connectivity index is 0.00000300. The molecule has 0 radical (unpaired) electrons. The third kappa shape index (κ3) is 4.61. The SMILES string of the molecule is N=c1scc(CC(=O)NC2C(=O)N3C(C(=O)[O-])=C(COC(N)=O)CS[C@@H]23)n1O.[Na+]. The zero-order chi connectivity index (χ0) is 20.6. The summed E-state index contributed by atoms with van der Waals surface area (Å²) in [6, 6.07) is -0.952. The molecule has 3 rings (SSSR count). The molecule has 2 aliphatic rings. The number of amides is 3. The molecule has 0 aliphatic carbocycles. The fourth-order valence-corrected chi connectivity index (χ4v) is 4.78. The van der Waals surface area contributed by atoms with Crippen molar-refractivity contribution in [2.24, 2.45) is 5.73 Å². The molecule has 2 aliphatic heterocycles. The average Bonchev–Trinajstić information content (AvgIpc) is 2.95. The Morgan fingerprint density at radius 2 is 2.14 bits per heavy atom. The summed E-state index contributed by atoms with van der Waals surface area (Å²) in [5.74, 6) is -2.68. The van der Waals surface area contributed by atoms with Crippen LogP contribution >= 0.6 is 23.1 Å². The predicted molar refractivity (Wildman–Crippen MR) is 91.6 cm³/mol. The fraction of sp³-hybridized carbons (Fsp3) is 0.357. The summed E-state index contributed by atoms with van der Waals surface area (Å²) in [6.07, 6.45) is -1.34. The molecule has 0 saturated carbocycles. The van der Waals surface area contributed by atoms with E-state index in [1.807, 2.05) is 0 Å². The van der Waals surface area contributed by atoms with Crippen molar-refractivity contribution in [3.63, 3.8) is 0 Å². The average molecular weight is 451 g/mol. The van der Waals surface area contributed by atoms with Gasteiger partial charge in [-0.3, -0.25) is 19.9 Å². The molecule has 5 N–H and O–H groups in total. The van der Waals surface area contributed by atoms with E-state index in [1.54, 1.807) is 0 Å². The number of aliphatic carboxylic acids is 1. The van der Waals surface area contributed by atoms with Gasteiger partial charge in [0.05, 0.1) is 23.8 Å². The number of thiazole rings is 1. The van der Waals surface area contributed by atoms with Gasteiger partial charge in [0, 0.05) is 16.7 Å². The van der Waals surface area contributed by atoms with Crippen LogP contribution in [0.15, 0.2) is 16.7 Å². The second-order valence-electron chi connectivity index (χ2n) is 5.82. The number of carbonyl (C=O) groups excluding carboxylic acids is 4. The van der Waals surface area contributed by atoms with Gasteiger partial charge >= 0.3 is 35.7 Å². The Hall–Kier alpha value is -2.00. The minimum absolute atomic E-state index is 0. The van der Waals surface area contributed by atoms with Crippen molar-refractivity contribution in [2.45, 2.75) is 17.8 Å². The van der Waals surface area contributed by atoms with Crippen LogP contribution in [0.1, 0.15) is 5.69 Å². The first kappa shape index (κ1) is 23.3. The second kappa shape index (κ2) is 9.21. The molecular weight excluding hydrogens is 437 g/mol. The van der Waals surface area contributed by atoms with Crippen LogP contribution in [0, 0.1) is 5.41 Å². The van der Waals surface area contributed by atoms with Crippen LogP contribution in [-0.2, 0) is 25.5 Å². The molecule has 1 aromatic heterocycles. The molecule has 150 valence electrons. The number of nitrogens with two attached hydrogens (primary N) is 1. The molecule has 0 spiro atoms. The van der Waals surface area contributed by atoms with E-state index in [9.17, 15) is 29.5 Å². The van der Waals surface area contributed by atoms with Crippen molar-refractivity contribution < 1.29 is 63.8 Å². The Morgan fingerprint density at radius 3 is 2.69 bits per heavy atom. The number of carboxylic acid groups (broad SMARTS) is 1. The smallest absolute Gasteiger partial charge is 0.543 e. The van der Waals surface area contributed by atoms with Gasteiger partial charge in [-0.2, -0.15) is 4.73 Å². The number of primary amides is 1. The Labute approximate surface area is 193 Å². The van der Waals surface area contributed by atoms with Gasteiger partial charge in [-0.05, 0) is 0 Å². The van der Waals surface area contributed by atoms with E-state index in [-0.39, 0.29) is 64.4 Å². The van der Waals surface area contributed by atoms with Gasteiger partial charge < -0.3 is 30.9 Å². The summed E-state index contributed by atoms with van der Waals surface area (Å²) in [5, 5.41) is 31.8. The van der Waals surface area contributed by atoms with Gasteiger partial charge in [-0.15, -0.1) is 23.1 Å². The van der Waals surface area contributed by atoms with E-state index in [0.29, 0.717) is 4.73 Å². The number of ether oxygens (including phenoxy) is 1. The number of fused-ring (bicyclic) bond motifs is 1. The van der Waals surface area contributed by atoms with Crippen LogP contribution in [0.25, 0.3) is 0 Å². The predicted octanol–water partition coefficient (Wildman–Crippen LogP) is -5.69. The summed E-state index contributed by atoms with van der Waals surface area (Å²) in [6.45, 7) is -0.386. The van der Waals surface area contributed by atoms with Crippen molar-refractivity contribution in [3.8, 4) is 0 Å². The number of thioether (sulfide) groups is 1. The van der Waals surface area contributed by atoms with Gasteiger partial charge in [-0.25, -0.2) is 4.79 Å². The van der Waals surface area contributed by atoms with Gasteiger partial charge in [0.2, 0.25) is 10.7 Å². The summed E-state index contributed by atoms with van der Waals surface area (Å²) < 4.78 is 5.17. The molecule has 1 fully saturated rings. The number of hydrogen-bond acceptors (Lipinski definition) is 10. The Morgan fingerprint density at radius 1 is 1.45 bits per heavy atom. The molecule has 0 bridgehead atoms. The summed E-state index contributed by atoms with van der Waals surface area (Å²) in [7, 11) is 0. The molecule has 1 saturated heterocycles. The standard InChI is InChI=1S/C14H15N5O7S2.Na/c15-13-19(25)6(4-28-13)1-7(20)17-8-10(21)18-9(12(22)23)5(2-26-14(16)24)3-27-11(8)18;/h4,8,11,15,25H,1-3H2,(H2,16,24)(H,17,20)(H,22,23);/q;+1/p-1/t8?,11-;/m0./s1. The molecule has 29 heavy (non-hydrogen) atoms. The molecule has 0 aromatic carbocycles. The quantitative estimate of drug-likeness (QED) is 0.187. The third-order valence-electron chi connectivity index (χ3n) is 4.06. The maximum absolute atomic E-state index is 12.4. The molecular formula is C14H14N5NaO7S2. The molecule has 15 heteroatoms. The van der Waals surface area contributed by atoms with E-state index >= 15 is 0 Å².